The number of halogens is 1. The first-order valence-corrected chi connectivity index (χ1v) is 7.32. The van der Waals surface area contributed by atoms with Crippen molar-refractivity contribution in [2.24, 2.45) is 0 Å². The number of anilines is 1. The van der Waals surface area contributed by atoms with Crippen molar-refractivity contribution in [1.82, 2.24) is 0 Å². The standard InChI is InChI=1S/C15H15ClN2OS/c1-8-9(2)20-15(18-10(3)19)13(8)14(17)11-4-6-12(16)7-5-11/h4-7,17H,1-3H3,(H,18,19). The number of hydrogen-bond donors (Lipinski definition) is 2. The fraction of sp³-hybridized carbons (Fsp3) is 0.200. The van der Waals surface area contributed by atoms with Crippen LogP contribution in [-0.4, -0.2) is 11.6 Å². The van der Waals surface area contributed by atoms with Crippen molar-refractivity contribution >= 4 is 39.6 Å². The van der Waals surface area contributed by atoms with Gasteiger partial charge in [0.1, 0.15) is 5.00 Å². The number of carbonyl (C=O) groups is 1. The third-order valence-electron chi connectivity index (χ3n) is 3.06. The summed E-state index contributed by atoms with van der Waals surface area (Å²) in [6.45, 7) is 5.43. The van der Waals surface area contributed by atoms with E-state index in [0.29, 0.717) is 10.7 Å². The molecule has 0 aliphatic rings. The minimum atomic E-state index is -0.128. The Balaban J connectivity index is 2.48. The van der Waals surface area contributed by atoms with Crippen LogP contribution >= 0.6 is 22.9 Å². The molecular weight excluding hydrogens is 292 g/mol. The lowest BCUT2D eigenvalue weighted by atomic mass is 10.0. The number of nitrogens with one attached hydrogen (secondary N) is 2. The van der Waals surface area contributed by atoms with Crippen LogP contribution in [0.25, 0.3) is 0 Å². The van der Waals surface area contributed by atoms with Crippen molar-refractivity contribution in [1.29, 1.82) is 5.41 Å². The van der Waals surface area contributed by atoms with Crippen molar-refractivity contribution < 1.29 is 4.79 Å². The molecule has 2 N–H and O–H groups in total. The van der Waals surface area contributed by atoms with Gasteiger partial charge in [-0.1, -0.05) is 23.7 Å². The van der Waals surface area contributed by atoms with Crippen LogP contribution in [0, 0.1) is 19.3 Å². The van der Waals surface area contributed by atoms with Gasteiger partial charge >= 0.3 is 0 Å². The van der Waals surface area contributed by atoms with E-state index in [4.69, 9.17) is 17.0 Å². The quantitative estimate of drug-likeness (QED) is 0.812. The third-order valence-corrected chi connectivity index (χ3v) is 4.43. The van der Waals surface area contributed by atoms with Crippen molar-refractivity contribution in [2.45, 2.75) is 20.8 Å². The first kappa shape index (κ1) is 14.8. The molecule has 0 bridgehead atoms. The molecule has 0 radical (unpaired) electrons. The van der Waals surface area contributed by atoms with Crippen molar-refractivity contribution in [3.63, 3.8) is 0 Å². The topological polar surface area (TPSA) is 53.0 Å². The molecule has 0 spiro atoms. The lowest BCUT2D eigenvalue weighted by molar-refractivity contribution is -0.114. The Kier molecular flexibility index (Phi) is 4.26. The highest BCUT2D eigenvalue weighted by atomic mass is 35.5. The smallest absolute Gasteiger partial charge is 0.221 e. The van der Waals surface area contributed by atoms with Crippen LogP contribution in [0.15, 0.2) is 24.3 Å². The second-order valence-corrected chi connectivity index (χ2v) is 6.21. The number of thiophene rings is 1. The van der Waals surface area contributed by atoms with E-state index in [9.17, 15) is 4.79 Å². The zero-order valence-electron chi connectivity index (χ0n) is 11.5. The zero-order chi connectivity index (χ0) is 14.9. The summed E-state index contributed by atoms with van der Waals surface area (Å²) < 4.78 is 0. The Hall–Kier alpha value is -1.65. The molecule has 1 aromatic carbocycles. The lowest BCUT2D eigenvalue weighted by Gasteiger charge is -2.08. The Morgan fingerprint density at radius 3 is 2.40 bits per heavy atom. The highest BCUT2D eigenvalue weighted by Gasteiger charge is 2.18. The van der Waals surface area contributed by atoms with Crippen LogP contribution in [0.3, 0.4) is 0 Å². The Morgan fingerprint density at radius 1 is 1.25 bits per heavy atom. The first-order chi connectivity index (χ1) is 9.40. The minimum Gasteiger partial charge on any atom is -0.317 e. The summed E-state index contributed by atoms with van der Waals surface area (Å²) in [5.74, 6) is -0.128. The van der Waals surface area contributed by atoms with Crippen LogP contribution in [0.1, 0.15) is 28.5 Å². The molecule has 1 heterocycles. The molecule has 1 aromatic heterocycles. The van der Waals surface area contributed by atoms with Gasteiger partial charge in [-0.3, -0.25) is 10.2 Å². The number of carbonyl (C=O) groups excluding carboxylic acids is 1. The fourth-order valence-corrected chi connectivity index (χ4v) is 3.18. The molecule has 2 aromatic rings. The average Bonchev–Trinajstić information content (AvgIpc) is 2.64. The molecule has 1 amide bonds. The van der Waals surface area contributed by atoms with Gasteiger partial charge in [0.15, 0.2) is 0 Å². The fourth-order valence-electron chi connectivity index (χ4n) is 1.94. The predicted octanol–water partition coefficient (Wildman–Crippen LogP) is 4.39. The van der Waals surface area contributed by atoms with E-state index in [1.54, 1.807) is 12.1 Å². The summed E-state index contributed by atoms with van der Waals surface area (Å²) in [4.78, 5) is 12.4. The monoisotopic (exact) mass is 306 g/mol. The number of benzene rings is 1. The molecule has 0 atom stereocenters. The highest BCUT2D eigenvalue weighted by Crippen LogP contribution is 2.34. The van der Waals surface area contributed by atoms with Gasteiger partial charge in [-0.15, -0.1) is 11.3 Å². The maximum absolute atomic E-state index is 11.3. The summed E-state index contributed by atoms with van der Waals surface area (Å²) in [6, 6.07) is 7.15. The zero-order valence-corrected chi connectivity index (χ0v) is 13.1. The Bertz CT molecular complexity index is 674. The molecule has 5 heteroatoms. The van der Waals surface area contributed by atoms with Gasteiger partial charge in [-0.2, -0.15) is 0 Å². The number of rotatable bonds is 3. The van der Waals surface area contributed by atoms with E-state index in [2.05, 4.69) is 5.32 Å². The van der Waals surface area contributed by atoms with E-state index in [0.717, 1.165) is 26.6 Å². The molecular formula is C15H15ClN2OS. The predicted molar refractivity (Wildman–Crippen MR) is 85.5 cm³/mol. The normalized spacial score (nSPS) is 10.4. The number of aryl methyl sites for hydroxylation is 1. The van der Waals surface area contributed by atoms with Gasteiger partial charge < -0.3 is 5.32 Å². The molecule has 3 nitrogen and oxygen atoms in total. The molecule has 104 valence electrons. The van der Waals surface area contributed by atoms with Gasteiger partial charge in [0.05, 0.1) is 5.71 Å². The van der Waals surface area contributed by atoms with Crippen LogP contribution in [0.2, 0.25) is 5.02 Å². The summed E-state index contributed by atoms with van der Waals surface area (Å²) in [5, 5.41) is 12.6. The molecule has 0 aliphatic heterocycles. The second kappa shape index (κ2) is 5.77. The van der Waals surface area contributed by atoms with Gasteiger partial charge in [-0.05, 0) is 31.5 Å². The Morgan fingerprint density at radius 2 is 1.85 bits per heavy atom. The van der Waals surface area contributed by atoms with E-state index in [1.807, 2.05) is 26.0 Å². The molecule has 0 unspecified atom stereocenters. The van der Waals surface area contributed by atoms with E-state index >= 15 is 0 Å². The second-order valence-electron chi connectivity index (χ2n) is 4.55. The van der Waals surface area contributed by atoms with Crippen molar-refractivity contribution in [2.75, 3.05) is 5.32 Å². The largest absolute Gasteiger partial charge is 0.317 e. The van der Waals surface area contributed by atoms with Crippen LogP contribution in [-0.2, 0) is 4.79 Å². The van der Waals surface area contributed by atoms with Gasteiger partial charge in [0.2, 0.25) is 5.91 Å². The molecule has 20 heavy (non-hydrogen) atoms. The maximum atomic E-state index is 11.3. The molecule has 0 saturated heterocycles. The van der Waals surface area contributed by atoms with E-state index in [-0.39, 0.29) is 5.91 Å². The van der Waals surface area contributed by atoms with E-state index in [1.165, 1.54) is 18.3 Å². The third kappa shape index (κ3) is 2.92. The Labute approximate surface area is 127 Å². The molecule has 2 rings (SSSR count). The summed E-state index contributed by atoms with van der Waals surface area (Å²) in [5.41, 5.74) is 2.98. The van der Waals surface area contributed by atoms with Crippen LogP contribution in [0.4, 0.5) is 5.00 Å². The summed E-state index contributed by atoms with van der Waals surface area (Å²) in [6.07, 6.45) is 0. The van der Waals surface area contributed by atoms with Crippen molar-refractivity contribution in [3.05, 3.63) is 50.9 Å². The average molecular weight is 307 g/mol. The summed E-state index contributed by atoms with van der Waals surface area (Å²) in [7, 11) is 0. The van der Waals surface area contributed by atoms with Crippen molar-refractivity contribution in [3.8, 4) is 0 Å². The molecule has 0 aliphatic carbocycles. The lowest BCUT2D eigenvalue weighted by Crippen LogP contribution is -2.10. The molecule has 0 saturated carbocycles. The van der Waals surface area contributed by atoms with Gasteiger partial charge in [0, 0.05) is 28.0 Å². The van der Waals surface area contributed by atoms with Gasteiger partial charge in [0.25, 0.3) is 0 Å². The SMILES string of the molecule is CC(=O)Nc1sc(C)c(C)c1C(=N)c1ccc(Cl)cc1. The molecule has 0 fully saturated rings. The number of hydrogen-bond acceptors (Lipinski definition) is 3. The minimum absolute atomic E-state index is 0.128. The summed E-state index contributed by atoms with van der Waals surface area (Å²) >= 11 is 7.37. The van der Waals surface area contributed by atoms with Crippen LogP contribution < -0.4 is 5.32 Å². The van der Waals surface area contributed by atoms with Crippen LogP contribution in [0.5, 0.6) is 0 Å². The van der Waals surface area contributed by atoms with E-state index < -0.39 is 0 Å². The maximum Gasteiger partial charge on any atom is 0.221 e. The van der Waals surface area contributed by atoms with Gasteiger partial charge in [-0.25, -0.2) is 0 Å². The number of amides is 1. The first-order valence-electron chi connectivity index (χ1n) is 6.12. The highest BCUT2D eigenvalue weighted by molar-refractivity contribution is 7.16.